The van der Waals surface area contributed by atoms with E-state index in [9.17, 15) is 9.59 Å². The predicted octanol–water partition coefficient (Wildman–Crippen LogP) is 3.03. The standard InChI is InChI=1S/C12H13NO3S/c1-7(2)13-11(14)10(17-12(13)15)6-9-5-4-8(3)16-9/h4-7H,1-3H3/b10-6+. The lowest BCUT2D eigenvalue weighted by atomic mass is 10.3. The maximum absolute atomic E-state index is 11.9. The Morgan fingerprint density at radius 1 is 1.35 bits per heavy atom. The zero-order valence-corrected chi connectivity index (χ0v) is 10.7. The van der Waals surface area contributed by atoms with Crippen LogP contribution in [0.1, 0.15) is 25.4 Å². The van der Waals surface area contributed by atoms with Gasteiger partial charge in [0.15, 0.2) is 0 Å². The fourth-order valence-corrected chi connectivity index (χ4v) is 2.53. The predicted molar refractivity (Wildman–Crippen MR) is 66.4 cm³/mol. The number of hydrogen-bond acceptors (Lipinski definition) is 4. The minimum Gasteiger partial charge on any atom is -0.462 e. The van der Waals surface area contributed by atoms with Crippen LogP contribution in [-0.4, -0.2) is 22.1 Å². The molecule has 0 N–H and O–H groups in total. The highest BCUT2D eigenvalue weighted by Crippen LogP contribution is 2.33. The van der Waals surface area contributed by atoms with Gasteiger partial charge in [-0.2, -0.15) is 0 Å². The number of thioether (sulfide) groups is 1. The summed E-state index contributed by atoms with van der Waals surface area (Å²) in [5.41, 5.74) is 0. The molecular weight excluding hydrogens is 238 g/mol. The molecule has 1 aliphatic rings. The van der Waals surface area contributed by atoms with Crippen molar-refractivity contribution in [1.82, 2.24) is 4.90 Å². The molecule has 2 rings (SSSR count). The smallest absolute Gasteiger partial charge is 0.293 e. The van der Waals surface area contributed by atoms with Gasteiger partial charge in [0.1, 0.15) is 11.5 Å². The Balaban J connectivity index is 2.28. The van der Waals surface area contributed by atoms with Gasteiger partial charge in [-0.25, -0.2) is 0 Å². The average Bonchev–Trinajstić information content (AvgIpc) is 2.73. The van der Waals surface area contributed by atoms with Gasteiger partial charge < -0.3 is 4.42 Å². The van der Waals surface area contributed by atoms with Crippen LogP contribution in [0.15, 0.2) is 21.5 Å². The van der Waals surface area contributed by atoms with Gasteiger partial charge in [-0.15, -0.1) is 0 Å². The molecule has 0 atom stereocenters. The van der Waals surface area contributed by atoms with E-state index in [-0.39, 0.29) is 17.2 Å². The zero-order chi connectivity index (χ0) is 12.6. The second-order valence-electron chi connectivity index (χ2n) is 4.09. The molecule has 90 valence electrons. The molecule has 0 spiro atoms. The summed E-state index contributed by atoms with van der Waals surface area (Å²) in [6, 6.07) is 3.48. The quantitative estimate of drug-likeness (QED) is 0.758. The van der Waals surface area contributed by atoms with Crippen molar-refractivity contribution >= 4 is 29.0 Å². The number of carbonyl (C=O) groups is 2. The van der Waals surface area contributed by atoms with Crippen LogP contribution in [-0.2, 0) is 4.79 Å². The lowest BCUT2D eigenvalue weighted by Crippen LogP contribution is -2.34. The van der Waals surface area contributed by atoms with Crippen LogP contribution in [0.25, 0.3) is 6.08 Å². The van der Waals surface area contributed by atoms with E-state index in [1.165, 1.54) is 4.90 Å². The van der Waals surface area contributed by atoms with Crippen LogP contribution in [0.5, 0.6) is 0 Å². The molecule has 0 saturated carbocycles. The maximum Gasteiger partial charge on any atom is 0.293 e. The molecule has 1 saturated heterocycles. The maximum atomic E-state index is 11.9. The summed E-state index contributed by atoms with van der Waals surface area (Å²) < 4.78 is 5.35. The Kier molecular flexibility index (Phi) is 3.11. The third-order valence-electron chi connectivity index (χ3n) is 2.37. The first kappa shape index (κ1) is 12.0. The Hall–Kier alpha value is -1.49. The number of imide groups is 1. The minimum atomic E-state index is -0.246. The fourth-order valence-electron chi connectivity index (χ4n) is 1.59. The molecule has 0 radical (unpaired) electrons. The monoisotopic (exact) mass is 251 g/mol. The van der Waals surface area contributed by atoms with Crippen LogP contribution >= 0.6 is 11.8 Å². The largest absolute Gasteiger partial charge is 0.462 e. The number of nitrogens with zero attached hydrogens (tertiary/aromatic N) is 1. The number of amides is 2. The van der Waals surface area contributed by atoms with E-state index >= 15 is 0 Å². The highest BCUT2D eigenvalue weighted by Gasteiger charge is 2.36. The van der Waals surface area contributed by atoms with E-state index in [1.54, 1.807) is 12.1 Å². The first-order chi connectivity index (χ1) is 7.99. The molecule has 0 unspecified atom stereocenters. The highest BCUT2D eigenvalue weighted by molar-refractivity contribution is 8.18. The lowest BCUT2D eigenvalue weighted by Gasteiger charge is -2.16. The first-order valence-corrected chi connectivity index (χ1v) is 6.14. The summed E-state index contributed by atoms with van der Waals surface area (Å²) in [6.45, 7) is 5.46. The van der Waals surface area contributed by atoms with Crippen molar-refractivity contribution in [3.63, 3.8) is 0 Å². The third kappa shape index (κ3) is 2.29. The number of aryl methyl sites for hydroxylation is 1. The fraction of sp³-hybridized carbons (Fsp3) is 0.333. The molecule has 4 nitrogen and oxygen atoms in total. The molecular formula is C12H13NO3S. The van der Waals surface area contributed by atoms with E-state index in [4.69, 9.17) is 4.42 Å². The molecule has 0 aliphatic carbocycles. The van der Waals surface area contributed by atoms with Gasteiger partial charge >= 0.3 is 0 Å². The molecule has 1 aromatic rings. The lowest BCUT2D eigenvalue weighted by molar-refractivity contribution is -0.123. The Morgan fingerprint density at radius 2 is 2.06 bits per heavy atom. The van der Waals surface area contributed by atoms with E-state index in [0.717, 1.165) is 17.5 Å². The van der Waals surface area contributed by atoms with Gasteiger partial charge in [-0.05, 0) is 44.7 Å². The molecule has 1 fully saturated rings. The van der Waals surface area contributed by atoms with Crippen LogP contribution in [0.4, 0.5) is 4.79 Å². The molecule has 17 heavy (non-hydrogen) atoms. The van der Waals surface area contributed by atoms with Gasteiger partial charge in [0, 0.05) is 12.1 Å². The average molecular weight is 251 g/mol. The molecule has 0 aromatic carbocycles. The molecule has 1 aliphatic heterocycles. The van der Waals surface area contributed by atoms with Gasteiger partial charge in [0.05, 0.1) is 4.91 Å². The van der Waals surface area contributed by atoms with Crippen LogP contribution < -0.4 is 0 Å². The summed E-state index contributed by atoms with van der Waals surface area (Å²) in [4.78, 5) is 25.2. The van der Waals surface area contributed by atoms with Crippen LogP contribution in [0.3, 0.4) is 0 Å². The van der Waals surface area contributed by atoms with Gasteiger partial charge in [-0.1, -0.05) is 0 Å². The van der Waals surface area contributed by atoms with Crippen LogP contribution in [0.2, 0.25) is 0 Å². The Bertz CT molecular complexity index is 502. The topological polar surface area (TPSA) is 50.5 Å². The molecule has 2 amide bonds. The van der Waals surface area contributed by atoms with Crippen molar-refractivity contribution in [2.24, 2.45) is 0 Å². The summed E-state index contributed by atoms with van der Waals surface area (Å²) in [5.74, 6) is 1.13. The minimum absolute atomic E-state index is 0.119. The Morgan fingerprint density at radius 3 is 2.53 bits per heavy atom. The van der Waals surface area contributed by atoms with E-state index < -0.39 is 0 Å². The van der Waals surface area contributed by atoms with Crippen molar-refractivity contribution < 1.29 is 14.0 Å². The normalized spacial score (nSPS) is 18.8. The summed E-state index contributed by atoms with van der Waals surface area (Å²) >= 11 is 0.953. The van der Waals surface area contributed by atoms with Crippen molar-refractivity contribution in [2.45, 2.75) is 26.8 Å². The van der Waals surface area contributed by atoms with Gasteiger partial charge in [-0.3, -0.25) is 14.5 Å². The molecule has 5 heteroatoms. The number of carbonyl (C=O) groups excluding carboxylic acids is 2. The molecule has 0 bridgehead atoms. The second-order valence-corrected chi connectivity index (χ2v) is 5.09. The summed E-state index contributed by atoms with van der Waals surface area (Å²) in [6.07, 6.45) is 1.61. The highest BCUT2D eigenvalue weighted by atomic mass is 32.2. The van der Waals surface area contributed by atoms with Crippen molar-refractivity contribution in [3.8, 4) is 0 Å². The third-order valence-corrected chi connectivity index (χ3v) is 3.26. The zero-order valence-electron chi connectivity index (χ0n) is 9.89. The number of hydrogen-bond donors (Lipinski definition) is 0. The first-order valence-electron chi connectivity index (χ1n) is 5.32. The van der Waals surface area contributed by atoms with E-state index in [2.05, 4.69) is 0 Å². The van der Waals surface area contributed by atoms with Gasteiger partial charge in [0.25, 0.3) is 11.1 Å². The molecule has 2 heterocycles. The van der Waals surface area contributed by atoms with Crippen molar-refractivity contribution in [1.29, 1.82) is 0 Å². The second kappa shape index (κ2) is 4.41. The van der Waals surface area contributed by atoms with E-state index in [1.807, 2.05) is 26.8 Å². The van der Waals surface area contributed by atoms with Gasteiger partial charge in [0.2, 0.25) is 0 Å². The number of furan rings is 1. The molecule has 1 aromatic heterocycles. The Labute approximate surface area is 104 Å². The van der Waals surface area contributed by atoms with E-state index in [0.29, 0.717) is 10.7 Å². The summed E-state index contributed by atoms with van der Waals surface area (Å²) in [7, 11) is 0. The summed E-state index contributed by atoms with van der Waals surface area (Å²) in [5, 5.41) is -0.223. The number of rotatable bonds is 2. The van der Waals surface area contributed by atoms with Crippen molar-refractivity contribution in [2.75, 3.05) is 0 Å². The SMILES string of the molecule is Cc1ccc(/C=C2/SC(=O)N(C(C)C)C2=O)o1. The van der Waals surface area contributed by atoms with Crippen LogP contribution in [0, 0.1) is 6.92 Å². The van der Waals surface area contributed by atoms with Crippen molar-refractivity contribution in [3.05, 3.63) is 28.6 Å².